The molecule has 1 amide bonds. The fourth-order valence-corrected chi connectivity index (χ4v) is 5.64. The number of likely N-dealkylation sites (tertiary alicyclic amines) is 1. The Labute approximate surface area is 241 Å². The van der Waals surface area contributed by atoms with E-state index in [0.29, 0.717) is 0 Å². The standard InChI is InChI=1S/C28H26F6N2O7/c1-2-36-24(39)43-25(28(36)41-22(37)23(38)42-28)9-11-35(12-10-25)13-14-40-21(17-5-3-7-19(15-17)26(29,30)31)18-6-4-8-20(16-18)27(32,33)34/h3-8,15-16,21H,2,9-14H2,1H3. The molecule has 232 valence electrons. The van der Waals surface area contributed by atoms with Crippen molar-refractivity contribution in [1.29, 1.82) is 0 Å². The van der Waals surface area contributed by atoms with E-state index < -0.39 is 59.1 Å². The largest absolute Gasteiger partial charge is 0.432 e. The summed E-state index contributed by atoms with van der Waals surface area (Å²) in [4.78, 5) is 39.4. The van der Waals surface area contributed by atoms with E-state index in [0.717, 1.165) is 41.3 Å². The van der Waals surface area contributed by atoms with Crippen molar-refractivity contribution in [1.82, 2.24) is 9.80 Å². The highest BCUT2D eigenvalue weighted by Gasteiger charge is 2.75. The number of alkyl halides is 6. The fraction of sp³-hybridized carbons (Fsp3) is 0.464. The van der Waals surface area contributed by atoms with Crippen LogP contribution in [0.15, 0.2) is 48.5 Å². The maximum Gasteiger partial charge on any atom is 0.422 e. The Balaban J connectivity index is 1.31. The third-order valence-corrected chi connectivity index (χ3v) is 7.77. The maximum atomic E-state index is 13.4. The molecule has 3 aliphatic heterocycles. The molecule has 3 saturated heterocycles. The van der Waals surface area contributed by atoms with Crippen molar-refractivity contribution in [2.24, 2.45) is 0 Å². The van der Waals surface area contributed by atoms with Crippen LogP contribution in [0.25, 0.3) is 0 Å². The van der Waals surface area contributed by atoms with Gasteiger partial charge in [0.1, 0.15) is 6.10 Å². The van der Waals surface area contributed by atoms with Gasteiger partial charge >= 0.3 is 36.3 Å². The van der Waals surface area contributed by atoms with Crippen LogP contribution in [0.1, 0.15) is 48.1 Å². The lowest BCUT2D eigenvalue weighted by Gasteiger charge is -2.43. The molecule has 0 aromatic heterocycles. The van der Waals surface area contributed by atoms with Crippen LogP contribution in [0, 0.1) is 0 Å². The zero-order chi connectivity index (χ0) is 31.2. The van der Waals surface area contributed by atoms with Crippen molar-refractivity contribution in [3.05, 3.63) is 70.8 Å². The van der Waals surface area contributed by atoms with Crippen molar-refractivity contribution >= 4 is 18.0 Å². The Morgan fingerprint density at radius 3 is 1.81 bits per heavy atom. The summed E-state index contributed by atoms with van der Waals surface area (Å²) in [6.45, 7) is 2.26. The van der Waals surface area contributed by atoms with Crippen LogP contribution in [0.4, 0.5) is 31.1 Å². The number of piperidine rings is 1. The quantitative estimate of drug-likeness (QED) is 0.247. The number of nitrogens with zero attached hydrogens (tertiary/aromatic N) is 2. The second kappa shape index (κ2) is 11.0. The summed E-state index contributed by atoms with van der Waals surface area (Å²) >= 11 is 0. The van der Waals surface area contributed by atoms with Gasteiger partial charge in [-0.15, -0.1) is 0 Å². The maximum absolute atomic E-state index is 13.4. The van der Waals surface area contributed by atoms with E-state index in [1.165, 1.54) is 12.1 Å². The van der Waals surface area contributed by atoms with E-state index in [4.69, 9.17) is 18.9 Å². The van der Waals surface area contributed by atoms with E-state index in [9.17, 15) is 40.7 Å². The predicted molar refractivity (Wildman–Crippen MR) is 133 cm³/mol. The third kappa shape index (κ3) is 5.62. The van der Waals surface area contributed by atoms with Crippen LogP contribution in [-0.4, -0.2) is 72.1 Å². The molecule has 2 aromatic rings. The lowest BCUT2D eigenvalue weighted by atomic mass is 9.87. The highest BCUT2D eigenvalue weighted by atomic mass is 19.4. The number of carbonyl (C=O) groups is 3. The second-order valence-electron chi connectivity index (χ2n) is 10.3. The van der Waals surface area contributed by atoms with E-state index in [-0.39, 0.29) is 56.8 Å². The van der Waals surface area contributed by atoms with Crippen LogP contribution < -0.4 is 0 Å². The molecule has 3 heterocycles. The molecule has 43 heavy (non-hydrogen) atoms. The highest BCUT2D eigenvalue weighted by Crippen LogP contribution is 2.50. The number of fused-ring (bicyclic) bond motifs is 1. The number of likely N-dealkylation sites (N-methyl/N-ethyl adjacent to an activating group) is 1. The first-order chi connectivity index (χ1) is 20.2. The van der Waals surface area contributed by atoms with Gasteiger partial charge in [0, 0.05) is 39.0 Å². The van der Waals surface area contributed by atoms with Crippen molar-refractivity contribution in [2.75, 3.05) is 32.8 Å². The summed E-state index contributed by atoms with van der Waals surface area (Å²) in [6, 6.07) is 8.42. The molecule has 0 atom stereocenters. The topological polar surface area (TPSA) is 94.6 Å². The number of amides is 1. The van der Waals surface area contributed by atoms with Crippen LogP contribution >= 0.6 is 0 Å². The summed E-state index contributed by atoms with van der Waals surface area (Å²) in [5.74, 6) is -4.53. The Morgan fingerprint density at radius 1 is 0.837 bits per heavy atom. The van der Waals surface area contributed by atoms with Gasteiger partial charge < -0.3 is 23.8 Å². The lowest BCUT2D eigenvalue weighted by molar-refractivity contribution is -0.286. The summed E-state index contributed by atoms with van der Waals surface area (Å²) in [5.41, 5.74) is -3.35. The molecule has 2 spiro atoms. The van der Waals surface area contributed by atoms with Crippen LogP contribution in [0.2, 0.25) is 0 Å². The zero-order valence-corrected chi connectivity index (χ0v) is 22.7. The number of benzene rings is 2. The van der Waals surface area contributed by atoms with E-state index >= 15 is 0 Å². The minimum atomic E-state index is -4.67. The lowest BCUT2D eigenvalue weighted by Crippen LogP contribution is -2.63. The van der Waals surface area contributed by atoms with Gasteiger partial charge in [-0.2, -0.15) is 26.3 Å². The number of esters is 2. The first-order valence-electron chi connectivity index (χ1n) is 13.3. The van der Waals surface area contributed by atoms with Gasteiger partial charge in [-0.25, -0.2) is 19.3 Å². The smallest absolute Gasteiger partial charge is 0.422 e. The Morgan fingerprint density at radius 2 is 1.35 bits per heavy atom. The van der Waals surface area contributed by atoms with E-state index in [1.54, 1.807) is 6.92 Å². The monoisotopic (exact) mass is 616 g/mol. The summed E-state index contributed by atoms with van der Waals surface area (Å²) in [7, 11) is 0. The van der Waals surface area contributed by atoms with Crippen LogP contribution in [0.5, 0.6) is 0 Å². The number of carbonyl (C=O) groups excluding carboxylic acids is 3. The minimum Gasteiger partial charge on any atom is -0.432 e. The van der Waals surface area contributed by atoms with Gasteiger partial charge in [0.05, 0.1) is 17.7 Å². The van der Waals surface area contributed by atoms with Gasteiger partial charge in [0.15, 0.2) is 0 Å². The van der Waals surface area contributed by atoms with Gasteiger partial charge in [-0.3, -0.25) is 0 Å². The van der Waals surface area contributed by atoms with E-state index in [2.05, 4.69) is 0 Å². The van der Waals surface area contributed by atoms with Crippen molar-refractivity contribution in [3.8, 4) is 0 Å². The molecular formula is C28H26F6N2O7. The minimum absolute atomic E-state index is 0.0241. The molecule has 0 aliphatic carbocycles. The van der Waals surface area contributed by atoms with Gasteiger partial charge in [-0.1, -0.05) is 24.3 Å². The van der Waals surface area contributed by atoms with Crippen molar-refractivity contribution in [3.63, 3.8) is 0 Å². The van der Waals surface area contributed by atoms with Crippen LogP contribution in [0.3, 0.4) is 0 Å². The highest BCUT2D eigenvalue weighted by molar-refractivity contribution is 6.31. The molecular weight excluding hydrogens is 590 g/mol. The number of hydrogen-bond donors (Lipinski definition) is 0. The SMILES string of the molecule is CCN1C(=O)OC2(CCN(CCOC(c3cccc(C(F)(F)F)c3)c3cccc(C(F)(F)F)c3)CC2)C12OC(=O)C(=O)O2. The Bertz CT molecular complexity index is 1330. The number of halogens is 6. The van der Waals surface area contributed by atoms with Gasteiger partial charge in [0.25, 0.3) is 0 Å². The molecule has 5 rings (SSSR count). The normalized spacial score (nSPS) is 20.2. The molecule has 15 heteroatoms. The Hall–Kier alpha value is -3.85. The van der Waals surface area contributed by atoms with Gasteiger partial charge in [0.2, 0.25) is 5.60 Å². The average Bonchev–Trinajstić information content (AvgIpc) is 3.37. The third-order valence-electron chi connectivity index (χ3n) is 7.77. The van der Waals surface area contributed by atoms with Crippen molar-refractivity contribution in [2.45, 2.75) is 49.7 Å². The molecule has 0 saturated carbocycles. The number of rotatable bonds is 7. The first-order valence-corrected chi connectivity index (χ1v) is 13.3. The van der Waals surface area contributed by atoms with Gasteiger partial charge in [-0.05, 0) is 42.3 Å². The molecule has 0 radical (unpaired) electrons. The van der Waals surface area contributed by atoms with Crippen molar-refractivity contribution < 1.29 is 59.7 Å². The molecule has 3 fully saturated rings. The predicted octanol–water partition coefficient (Wildman–Crippen LogP) is 4.89. The molecule has 0 bridgehead atoms. The fourth-order valence-electron chi connectivity index (χ4n) is 5.64. The number of ether oxygens (including phenoxy) is 4. The summed E-state index contributed by atoms with van der Waals surface area (Å²) in [6.07, 6.45) is -11.2. The first kappa shape index (κ1) is 30.6. The molecule has 9 nitrogen and oxygen atoms in total. The Kier molecular flexibility index (Phi) is 7.84. The summed E-state index contributed by atoms with van der Waals surface area (Å²) < 4.78 is 103. The zero-order valence-electron chi connectivity index (χ0n) is 22.7. The van der Waals surface area contributed by atoms with Crippen LogP contribution in [-0.2, 0) is 40.9 Å². The van der Waals surface area contributed by atoms with E-state index in [1.807, 2.05) is 4.90 Å². The summed E-state index contributed by atoms with van der Waals surface area (Å²) in [5, 5.41) is 0. The second-order valence-corrected chi connectivity index (χ2v) is 10.3. The number of hydrogen-bond acceptors (Lipinski definition) is 8. The molecule has 3 aliphatic rings. The molecule has 2 aromatic carbocycles. The molecule has 0 N–H and O–H groups in total. The molecule has 0 unspecified atom stereocenters. The average molecular weight is 617 g/mol.